The molecule has 0 radical (unpaired) electrons. The molecule has 3 N–H and O–H groups in total. The van der Waals surface area contributed by atoms with Crippen LogP contribution in [0.15, 0.2) is 0 Å². The Labute approximate surface area is 119 Å². The van der Waals surface area contributed by atoms with Gasteiger partial charge in [-0.1, -0.05) is 13.8 Å². The number of nitrogens with two attached hydrogens (primary N) is 1. The SMILES string of the molecule is CC.CC(C)(C)OC=O.CN.O=C(O)CCOC(F)F. The van der Waals surface area contributed by atoms with Gasteiger partial charge in [-0.05, 0) is 27.8 Å². The Hall–Kier alpha value is -1.28. The molecule has 0 aromatic carbocycles. The molecule has 0 heterocycles. The first kappa shape index (κ1) is 27.1. The van der Waals surface area contributed by atoms with Gasteiger partial charge >= 0.3 is 12.6 Å². The summed E-state index contributed by atoms with van der Waals surface area (Å²) in [4.78, 5) is 19.3. The van der Waals surface area contributed by atoms with Crippen LogP contribution < -0.4 is 5.73 Å². The van der Waals surface area contributed by atoms with Crippen molar-refractivity contribution in [1.82, 2.24) is 0 Å². The van der Waals surface area contributed by atoms with E-state index in [1.54, 1.807) is 0 Å². The Morgan fingerprint density at radius 1 is 1.30 bits per heavy atom. The van der Waals surface area contributed by atoms with Gasteiger partial charge in [0.15, 0.2) is 0 Å². The van der Waals surface area contributed by atoms with Crippen LogP contribution in [0.5, 0.6) is 0 Å². The molecule has 8 heteroatoms. The zero-order valence-electron chi connectivity index (χ0n) is 13.0. The lowest BCUT2D eigenvalue weighted by molar-refractivity contribution is -0.148. The Kier molecular flexibility index (Phi) is 27.2. The Morgan fingerprint density at radius 3 is 1.85 bits per heavy atom. The molecule has 0 aromatic rings. The number of halogens is 2. The standard InChI is InChI=1S/C5H10O2.C4H6F2O3.C2H6.CH5N/c1-5(2,3)7-4-6;5-4(6)9-2-1-3(7)8;2*1-2/h4H,1-3H3;4H,1-2H2,(H,7,8);1-2H3;2H2,1H3. The lowest BCUT2D eigenvalue weighted by atomic mass is 10.2. The minimum absolute atomic E-state index is 0.318. The highest BCUT2D eigenvalue weighted by Gasteiger charge is 2.07. The fourth-order valence-electron chi connectivity index (χ4n) is 0.380. The molecule has 0 spiro atoms. The van der Waals surface area contributed by atoms with Gasteiger partial charge in [-0.2, -0.15) is 8.78 Å². The molecule has 0 amide bonds. The zero-order chi connectivity index (χ0) is 17.2. The minimum Gasteiger partial charge on any atom is -0.481 e. The number of hydrogen-bond acceptors (Lipinski definition) is 5. The summed E-state index contributed by atoms with van der Waals surface area (Å²) in [6, 6.07) is 0. The van der Waals surface area contributed by atoms with Gasteiger partial charge in [-0.25, -0.2) is 0 Å². The molecule has 0 aliphatic carbocycles. The molecular weight excluding hydrogens is 276 g/mol. The van der Waals surface area contributed by atoms with Crippen molar-refractivity contribution >= 4 is 12.4 Å². The second-order valence-corrected chi connectivity index (χ2v) is 3.60. The van der Waals surface area contributed by atoms with Crippen molar-refractivity contribution in [2.75, 3.05) is 13.7 Å². The lowest BCUT2D eigenvalue weighted by Gasteiger charge is -2.14. The highest BCUT2D eigenvalue weighted by Crippen LogP contribution is 2.02. The number of rotatable bonds is 5. The van der Waals surface area contributed by atoms with E-state index < -0.39 is 19.2 Å². The maximum Gasteiger partial charge on any atom is 0.345 e. The predicted octanol–water partition coefficient (Wildman–Crippen LogP) is 2.26. The van der Waals surface area contributed by atoms with E-state index in [4.69, 9.17) is 5.11 Å². The van der Waals surface area contributed by atoms with Crippen LogP contribution in [0.2, 0.25) is 0 Å². The highest BCUT2D eigenvalue weighted by atomic mass is 19.3. The fraction of sp³-hybridized carbons (Fsp3) is 0.833. The summed E-state index contributed by atoms with van der Waals surface area (Å²) in [5, 5.41) is 7.90. The van der Waals surface area contributed by atoms with Crippen LogP contribution in [0.1, 0.15) is 41.0 Å². The third-order valence-electron chi connectivity index (χ3n) is 0.961. The van der Waals surface area contributed by atoms with Crippen molar-refractivity contribution in [3.05, 3.63) is 0 Å². The number of ether oxygens (including phenoxy) is 2. The third-order valence-corrected chi connectivity index (χ3v) is 0.961. The van der Waals surface area contributed by atoms with Crippen molar-refractivity contribution in [1.29, 1.82) is 0 Å². The predicted molar refractivity (Wildman–Crippen MR) is 72.6 cm³/mol. The number of carboxylic acid groups (broad SMARTS) is 1. The molecular formula is C12H27F2NO5. The number of carbonyl (C=O) groups is 2. The number of carboxylic acids is 1. The van der Waals surface area contributed by atoms with Gasteiger partial charge < -0.3 is 20.3 Å². The molecule has 0 aliphatic heterocycles. The summed E-state index contributed by atoms with van der Waals surface area (Å²) in [6.45, 7) is 6.61. The molecule has 0 atom stereocenters. The van der Waals surface area contributed by atoms with Crippen molar-refractivity contribution in [2.24, 2.45) is 5.73 Å². The van der Waals surface area contributed by atoms with Gasteiger partial charge in [0.1, 0.15) is 5.60 Å². The molecule has 0 saturated carbocycles. The maximum absolute atomic E-state index is 11.1. The van der Waals surface area contributed by atoms with E-state index in [0.717, 1.165) is 0 Å². The van der Waals surface area contributed by atoms with Crippen LogP contribution in [0, 0.1) is 0 Å². The molecule has 0 aliphatic rings. The maximum atomic E-state index is 11.1. The van der Waals surface area contributed by atoms with Crippen LogP contribution in [0.3, 0.4) is 0 Å². The first-order valence-electron chi connectivity index (χ1n) is 5.99. The summed E-state index contributed by atoms with van der Waals surface area (Å²) >= 11 is 0. The first-order valence-corrected chi connectivity index (χ1v) is 5.99. The smallest absolute Gasteiger partial charge is 0.345 e. The molecule has 0 unspecified atom stereocenters. The summed E-state index contributed by atoms with van der Waals surface area (Å²) in [6.07, 6.45) is -0.385. The molecule has 0 bridgehead atoms. The molecule has 6 nitrogen and oxygen atoms in total. The highest BCUT2D eigenvalue weighted by molar-refractivity contribution is 5.66. The molecule has 0 aromatic heterocycles. The number of carbonyl (C=O) groups excluding carboxylic acids is 1. The second kappa shape index (κ2) is 20.0. The van der Waals surface area contributed by atoms with Crippen molar-refractivity contribution < 1.29 is 33.0 Å². The lowest BCUT2D eigenvalue weighted by Crippen LogP contribution is -2.17. The monoisotopic (exact) mass is 303 g/mol. The molecule has 0 saturated heterocycles. The first-order chi connectivity index (χ1) is 9.19. The molecule has 124 valence electrons. The van der Waals surface area contributed by atoms with Crippen LogP contribution in [0.25, 0.3) is 0 Å². The third kappa shape index (κ3) is 54.3. The summed E-state index contributed by atoms with van der Waals surface area (Å²) in [5.41, 5.74) is 4.18. The van der Waals surface area contributed by atoms with Crippen molar-refractivity contribution in [3.63, 3.8) is 0 Å². The van der Waals surface area contributed by atoms with Gasteiger partial charge in [0.25, 0.3) is 6.47 Å². The van der Waals surface area contributed by atoms with Crippen molar-refractivity contribution in [2.45, 2.75) is 53.3 Å². The van der Waals surface area contributed by atoms with Crippen molar-refractivity contribution in [3.8, 4) is 0 Å². The van der Waals surface area contributed by atoms with E-state index in [1.165, 1.54) is 7.05 Å². The second-order valence-electron chi connectivity index (χ2n) is 3.60. The van der Waals surface area contributed by atoms with Gasteiger partial charge in [0.2, 0.25) is 0 Å². The van der Waals surface area contributed by atoms with E-state index in [-0.39, 0.29) is 12.0 Å². The van der Waals surface area contributed by atoms with Crippen LogP contribution in [0.4, 0.5) is 8.78 Å². The van der Waals surface area contributed by atoms with Crippen LogP contribution in [-0.2, 0) is 19.1 Å². The Bertz CT molecular complexity index is 209. The summed E-state index contributed by atoms with van der Waals surface area (Å²) in [7, 11) is 1.50. The van der Waals surface area contributed by atoms with E-state index in [1.807, 2.05) is 34.6 Å². The van der Waals surface area contributed by atoms with Gasteiger partial charge in [0.05, 0.1) is 13.0 Å². The average Bonchev–Trinajstić information content (AvgIpc) is 2.32. The average molecular weight is 303 g/mol. The number of hydrogen-bond donors (Lipinski definition) is 2. The van der Waals surface area contributed by atoms with Gasteiger partial charge in [-0.3, -0.25) is 9.59 Å². The zero-order valence-corrected chi connectivity index (χ0v) is 13.0. The van der Waals surface area contributed by atoms with Gasteiger partial charge in [-0.15, -0.1) is 0 Å². The minimum atomic E-state index is -2.87. The van der Waals surface area contributed by atoms with E-state index in [0.29, 0.717) is 6.47 Å². The Morgan fingerprint density at radius 2 is 1.70 bits per heavy atom. The van der Waals surface area contributed by atoms with Crippen LogP contribution >= 0.6 is 0 Å². The normalized spacial score (nSPS) is 8.90. The molecule has 20 heavy (non-hydrogen) atoms. The quantitative estimate of drug-likeness (QED) is 0.756. The van der Waals surface area contributed by atoms with Crippen LogP contribution in [-0.4, -0.2) is 43.4 Å². The van der Waals surface area contributed by atoms with E-state index >= 15 is 0 Å². The largest absolute Gasteiger partial charge is 0.481 e. The number of alkyl halides is 2. The molecule has 0 rings (SSSR count). The fourth-order valence-corrected chi connectivity index (χ4v) is 0.380. The van der Waals surface area contributed by atoms with E-state index in [9.17, 15) is 18.4 Å². The molecule has 0 fully saturated rings. The summed E-state index contributed by atoms with van der Waals surface area (Å²) < 4.78 is 30.3. The van der Waals surface area contributed by atoms with E-state index in [2.05, 4.69) is 15.2 Å². The Balaban J connectivity index is -0.000000104. The topological polar surface area (TPSA) is 98.9 Å². The van der Waals surface area contributed by atoms with Gasteiger partial charge in [0, 0.05) is 0 Å². The summed E-state index contributed by atoms with van der Waals surface area (Å²) in [5.74, 6) is -1.14. The number of aliphatic carboxylic acids is 1.